The van der Waals surface area contributed by atoms with Crippen molar-refractivity contribution in [2.45, 2.75) is 19.5 Å². The van der Waals surface area contributed by atoms with Gasteiger partial charge in [0.2, 0.25) is 5.91 Å². The zero-order valence-corrected chi connectivity index (χ0v) is 17.1. The fourth-order valence-electron chi connectivity index (χ4n) is 2.67. The Balaban J connectivity index is 1.42. The minimum atomic E-state index is -0.107. The van der Waals surface area contributed by atoms with Crippen LogP contribution in [0.5, 0.6) is 5.75 Å². The summed E-state index contributed by atoms with van der Waals surface area (Å²) in [5.41, 5.74) is 1.96. The van der Waals surface area contributed by atoms with Gasteiger partial charge in [-0.15, -0.1) is 0 Å². The van der Waals surface area contributed by atoms with Gasteiger partial charge in [-0.2, -0.15) is 0 Å². The minimum absolute atomic E-state index is 0.0352. The predicted molar refractivity (Wildman–Crippen MR) is 115 cm³/mol. The zero-order valence-electron chi connectivity index (χ0n) is 15.6. The number of hydrogen-bond acceptors (Lipinski definition) is 3. The first kappa shape index (κ1) is 21.0. The summed E-state index contributed by atoms with van der Waals surface area (Å²) >= 11 is 11.8. The number of ether oxygens (including phenoxy) is 1. The summed E-state index contributed by atoms with van der Waals surface area (Å²) in [4.78, 5) is 23.8. The Kier molecular flexibility index (Phi) is 7.33. The number of nitrogens with one attached hydrogen (secondary N) is 1. The number of pyridine rings is 1. The molecule has 2 aromatic carbocycles. The smallest absolute Gasteiger partial charge is 0.250 e. The first-order valence-corrected chi connectivity index (χ1v) is 9.85. The van der Waals surface area contributed by atoms with E-state index < -0.39 is 0 Å². The largest absolute Gasteiger partial charge is 0.493 e. The van der Waals surface area contributed by atoms with E-state index in [4.69, 9.17) is 27.9 Å². The second-order valence-corrected chi connectivity index (χ2v) is 7.25. The van der Waals surface area contributed by atoms with Crippen LogP contribution in [0.2, 0.25) is 10.0 Å². The predicted octanol–water partition coefficient (Wildman–Crippen LogP) is 4.29. The van der Waals surface area contributed by atoms with Gasteiger partial charge < -0.3 is 14.6 Å². The molecule has 7 heteroatoms. The maximum atomic E-state index is 12.0. The lowest BCUT2D eigenvalue weighted by molar-refractivity contribution is -0.121. The van der Waals surface area contributed by atoms with Crippen LogP contribution in [0.25, 0.3) is 0 Å². The Morgan fingerprint density at radius 3 is 2.45 bits per heavy atom. The lowest BCUT2D eigenvalue weighted by Crippen LogP contribution is -2.24. The van der Waals surface area contributed by atoms with Crippen molar-refractivity contribution in [3.63, 3.8) is 0 Å². The highest BCUT2D eigenvalue weighted by molar-refractivity contribution is 6.42. The van der Waals surface area contributed by atoms with Crippen molar-refractivity contribution in [1.29, 1.82) is 0 Å². The van der Waals surface area contributed by atoms with Gasteiger partial charge in [0.25, 0.3) is 5.56 Å². The maximum absolute atomic E-state index is 12.0. The molecule has 5 nitrogen and oxygen atoms in total. The van der Waals surface area contributed by atoms with Crippen LogP contribution in [-0.4, -0.2) is 17.1 Å². The molecule has 0 bridgehead atoms. The van der Waals surface area contributed by atoms with E-state index in [0.717, 1.165) is 11.1 Å². The highest BCUT2D eigenvalue weighted by Gasteiger charge is 2.05. The summed E-state index contributed by atoms with van der Waals surface area (Å²) in [5, 5.41) is 3.73. The van der Waals surface area contributed by atoms with Gasteiger partial charge in [0.1, 0.15) is 5.75 Å². The third-order valence-corrected chi connectivity index (χ3v) is 4.99. The van der Waals surface area contributed by atoms with Crippen LogP contribution >= 0.6 is 23.2 Å². The molecule has 0 radical (unpaired) electrons. The van der Waals surface area contributed by atoms with Crippen LogP contribution < -0.4 is 15.6 Å². The number of hydrogen-bond donors (Lipinski definition) is 1. The minimum Gasteiger partial charge on any atom is -0.493 e. The number of amides is 1. The monoisotopic (exact) mass is 430 g/mol. The molecule has 0 spiro atoms. The first-order valence-electron chi connectivity index (χ1n) is 9.09. The second-order valence-electron chi connectivity index (χ2n) is 6.43. The molecule has 3 aromatic rings. The van der Waals surface area contributed by atoms with Gasteiger partial charge in [0.15, 0.2) is 0 Å². The van der Waals surface area contributed by atoms with E-state index in [0.29, 0.717) is 28.9 Å². The molecule has 0 aliphatic rings. The summed E-state index contributed by atoms with van der Waals surface area (Å²) in [7, 11) is 0. The van der Waals surface area contributed by atoms with Gasteiger partial charge in [-0.05, 0) is 29.3 Å². The molecule has 29 heavy (non-hydrogen) atoms. The van der Waals surface area contributed by atoms with E-state index in [9.17, 15) is 9.59 Å². The molecule has 1 aromatic heterocycles. The van der Waals surface area contributed by atoms with Crippen molar-refractivity contribution in [3.05, 3.63) is 98.4 Å². The molecule has 1 N–H and O–H groups in total. The van der Waals surface area contributed by atoms with Crippen LogP contribution in [-0.2, 0) is 17.9 Å². The molecule has 1 heterocycles. The SMILES string of the molecule is O=C(CCOc1ccc(Cl)c(Cl)c1)NCc1ccc(Cn2ccccc2=O)cc1. The first-order chi connectivity index (χ1) is 14.0. The molecule has 0 aliphatic carbocycles. The van der Waals surface area contributed by atoms with Crippen molar-refractivity contribution in [2.24, 2.45) is 0 Å². The van der Waals surface area contributed by atoms with E-state index in [2.05, 4.69) is 5.32 Å². The molecule has 150 valence electrons. The van der Waals surface area contributed by atoms with Crippen LogP contribution in [0.4, 0.5) is 0 Å². The maximum Gasteiger partial charge on any atom is 0.250 e. The third kappa shape index (κ3) is 6.38. The van der Waals surface area contributed by atoms with Crippen molar-refractivity contribution in [1.82, 2.24) is 9.88 Å². The van der Waals surface area contributed by atoms with Gasteiger partial charge in [-0.25, -0.2) is 0 Å². The average Bonchev–Trinajstić information content (AvgIpc) is 2.72. The molecule has 0 saturated carbocycles. The molecule has 0 aliphatic heterocycles. The highest BCUT2D eigenvalue weighted by Crippen LogP contribution is 2.26. The molecule has 3 rings (SSSR count). The van der Waals surface area contributed by atoms with E-state index in [1.165, 1.54) is 6.07 Å². The highest BCUT2D eigenvalue weighted by atomic mass is 35.5. The van der Waals surface area contributed by atoms with Crippen molar-refractivity contribution in [2.75, 3.05) is 6.61 Å². The van der Waals surface area contributed by atoms with Gasteiger partial charge in [0.05, 0.1) is 29.6 Å². The number of nitrogens with zero attached hydrogens (tertiary/aromatic N) is 1. The fourth-order valence-corrected chi connectivity index (χ4v) is 2.96. The Bertz CT molecular complexity index is 1030. The molecule has 0 atom stereocenters. The van der Waals surface area contributed by atoms with Crippen molar-refractivity contribution < 1.29 is 9.53 Å². The van der Waals surface area contributed by atoms with Crippen molar-refractivity contribution in [3.8, 4) is 5.75 Å². The van der Waals surface area contributed by atoms with Gasteiger partial charge in [0, 0.05) is 24.9 Å². The van der Waals surface area contributed by atoms with E-state index >= 15 is 0 Å². The summed E-state index contributed by atoms with van der Waals surface area (Å²) in [6.07, 6.45) is 1.99. The van der Waals surface area contributed by atoms with Gasteiger partial charge in [-0.3, -0.25) is 9.59 Å². The second kappa shape index (κ2) is 10.1. The average molecular weight is 431 g/mol. The Hall–Kier alpha value is -2.76. The standard InChI is InChI=1S/C22H20Cl2N2O3/c23-19-9-8-18(13-20(19)24)29-12-10-21(27)25-14-16-4-6-17(7-5-16)15-26-11-2-1-3-22(26)28/h1-9,11,13H,10,12,14-15H2,(H,25,27). The number of carbonyl (C=O) groups is 1. The van der Waals surface area contributed by atoms with E-state index in [-0.39, 0.29) is 24.5 Å². The van der Waals surface area contributed by atoms with Gasteiger partial charge >= 0.3 is 0 Å². The molecule has 0 unspecified atom stereocenters. The molecule has 0 saturated heterocycles. The van der Waals surface area contributed by atoms with Crippen LogP contribution in [0.3, 0.4) is 0 Å². The Morgan fingerprint density at radius 2 is 1.72 bits per heavy atom. The quantitative estimate of drug-likeness (QED) is 0.579. The molecular formula is C22H20Cl2N2O3. The lowest BCUT2D eigenvalue weighted by Gasteiger charge is -2.09. The zero-order chi connectivity index (χ0) is 20.6. The van der Waals surface area contributed by atoms with E-state index in [1.807, 2.05) is 30.3 Å². The summed E-state index contributed by atoms with van der Waals surface area (Å²) in [6.45, 7) is 1.18. The van der Waals surface area contributed by atoms with E-state index in [1.54, 1.807) is 35.0 Å². The number of halogens is 2. The molecule has 1 amide bonds. The fraction of sp³-hybridized carbons (Fsp3) is 0.182. The Labute approximate surface area is 178 Å². The van der Waals surface area contributed by atoms with Crippen molar-refractivity contribution >= 4 is 29.1 Å². The number of benzene rings is 2. The Morgan fingerprint density at radius 1 is 0.966 bits per heavy atom. The van der Waals surface area contributed by atoms with Crippen LogP contribution in [0.1, 0.15) is 17.5 Å². The lowest BCUT2D eigenvalue weighted by atomic mass is 10.1. The van der Waals surface area contributed by atoms with Crippen LogP contribution in [0, 0.1) is 0 Å². The topological polar surface area (TPSA) is 60.3 Å². The summed E-state index contributed by atoms with van der Waals surface area (Å²) in [6, 6.07) is 17.8. The summed E-state index contributed by atoms with van der Waals surface area (Å²) in [5.74, 6) is 0.463. The number of carbonyl (C=O) groups excluding carboxylic acids is 1. The molecular weight excluding hydrogens is 411 g/mol. The number of rotatable bonds is 8. The normalized spacial score (nSPS) is 10.6. The molecule has 0 fully saturated rings. The van der Waals surface area contributed by atoms with Crippen LogP contribution in [0.15, 0.2) is 71.7 Å². The van der Waals surface area contributed by atoms with Gasteiger partial charge in [-0.1, -0.05) is 53.5 Å². The third-order valence-electron chi connectivity index (χ3n) is 4.25. The number of aromatic nitrogens is 1. The summed E-state index contributed by atoms with van der Waals surface area (Å²) < 4.78 is 7.16.